The fourth-order valence-electron chi connectivity index (χ4n) is 0.880. The topological polar surface area (TPSA) is 3.24 Å². The van der Waals surface area contributed by atoms with Gasteiger partial charge in [0.25, 0.3) is 0 Å². The predicted molar refractivity (Wildman–Crippen MR) is 33.2 cm³/mol. The molecule has 0 aliphatic carbocycles. The van der Waals surface area contributed by atoms with Crippen LogP contribution in [0.4, 0.5) is 0 Å². The second-order valence-corrected chi connectivity index (χ2v) is 2.62. The molecule has 2 heteroatoms. The molecule has 41 valence electrons. The monoisotopic (exact) mass is 116 g/mol. The fourth-order valence-corrected chi connectivity index (χ4v) is 1.15. The molecule has 0 aromatic carbocycles. The molecule has 1 saturated heterocycles. The quantitative estimate of drug-likeness (QED) is 0.460. The van der Waals surface area contributed by atoms with Gasteiger partial charge in [0.2, 0.25) is 0 Å². The van der Waals surface area contributed by atoms with E-state index < -0.39 is 0 Å². The number of hydrogen-bond acceptors (Lipinski definition) is 1. The minimum absolute atomic E-state index is 0.431. The van der Waals surface area contributed by atoms with Gasteiger partial charge in [0.15, 0.2) is 0 Å². The van der Waals surface area contributed by atoms with E-state index in [1.54, 1.807) is 0 Å². The van der Waals surface area contributed by atoms with Gasteiger partial charge in [-0.05, 0) is 26.4 Å². The Balaban J connectivity index is 2.33. The summed E-state index contributed by atoms with van der Waals surface area (Å²) >= 11 is 5.05. The molecule has 1 fully saturated rings. The summed E-state index contributed by atoms with van der Waals surface area (Å²) in [4.78, 5) is 2.22. The van der Waals surface area contributed by atoms with Crippen LogP contribution in [0.3, 0.4) is 0 Å². The van der Waals surface area contributed by atoms with Crippen molar-refractivity contribution in [2.45, 2.75) is 18.2 Å². The Hall–Kier alpha value is 0.310. The number of hydrogen-bond donors (Lipinski definition) is 0. The van der Waals surface area contributed by atoms with Crippen molar-refractivity contribution in [2.24, 2.45) is 0 Å². The lowest BCUT2D eigenvalue weighted by molar-refractivity contribution is 0.393. The third kappa shape index (κ3) is 1.10. The molecule has 1 heterocycles. The maximum Gasteiger partial charge on any atom is 0.0660 e. The van der Waals surface area contributed by atoms with Crippen LogP contribution in [0, 0.1) is 0 Å². The van der Waals surface area contributed by atoms with Crippen molar-refractivity contribution in [1.29, 1.82) is 0 Å². The molecule has 1 radical (unpaired) electrons. The number of likely N-dealkylation sites (tertiary alicyclic amines) is 1. The molecule has 1 aliphatic heterocycles. The molecular formula is C5H10NS. The van der Waals surface area contributed by atoms with Gasteiger partial charge in [-0.2, -0.15) is 0 Å². The highest BCUT2D eigenvalue weighted by atomic mass is 32.1. The molecule has 1 aliphatic rings. The summed E-state index contributed by atoms with van der Waals surface area (Å²) in [5.74, 6) is 0. The molecule has 7 heavy (non-hydrogen) atoms. The Labute approximate surface area is 50.1 Å². The van der Waals surface area contributed by atoms with Crippen molar-refractivity contribution in [3.8, 4) is 0 Å². The van der Waals surface area contributed by atoms with Crippen LogP contribution in [0.2, 0.25) is 0 Å². The average molecular weight is 116 g/mol. The van der Waals surface area contributed by atoms with Gasteiger partial charge in [0.1, 0.15) is 0 Å². The SMILES string of the molecule is CN1CCCC1[S]. The molecule has 1 unspecified atom stereocenters. The molecule has 0 bridgehead atoms. The first kappa shape index (κ1) is 5.45. The van der Waals surface area contributed by atoms with E-state index in [0.717, 1.165) is 0 Å². The van der Waals surface area contributed by atoms with Crippen LogP contribution in [0.15, 0.2) is 0 Å². The van der Waals surface area contributed by atoms with Crippen molar-refractivity contribution in [1.82, 2.24) is 4.90 Å². The Bertz CT molecular complexity index is 57.1. The fraction of sp³-hybridized carbons (Fsp3) is 1.00. The molecule has 0 aromatic rings. The zero-order valence-corrected chi connectivity index (χ0v) is 5.37. The van der Waals surface area contributed by atoms with Crippen LogP contribution >= 0.6 is 12.6 Å². The zero-order chi connectivity index (χ0) is 5.28. The van der Waals surface area contributed by atoms with Crippen LogP contribution in [0.1, 0.15) is 12.8 Å². The predicted octanol–water partition coefficient (Wildman–Crippen LogP) is 1.24. The molecule has 0 saturated carbocycles. The first-order chi connectivity index (χ1) is 3.30. The lowest BCUT2D eigenvalue weighted by Crippen LogP contribution is -2.18. The summed E-state index contributed by atoms with van der Waals surface area (Å²) in [6.45, 7) is 1.20. The molecule has 0 amide bonds. The second kappa shape index (κ2) is 2.05. The maximum atomic E-state index is 5.05. The van der Waals surface area contributed by atoms with E-state index in [2.05, 4.69) is 11.9 Å². The largest absolute Gasteiger partial charge is 0.294 e. The standard InChI is InChI=1S/C5H10NS/c1-6-4-2-3-5(6)7/h5H,2-4H2,1H3. The van der Waals surface area contributed by atoms with Gasteiger partial charge >= 0.3 is 0 Å². The summed E-state index contributed by atoms with van der Waals surface area (Å²) in [5.41, 5.74) is 0. The van der Waals surface area contributed by atoms with Crippen LogP contribution in [-0.2, 0) is 0 Å². The number of nitrogens with zero attached hydrogens (tertiary/aromatic N) is 1. The van der Waals surface area contributed by atoms with Gasteiger partial charge < -0.3 is 0 Å². The Morgan fingerprint density at radius 3 is 2.57 bits per heavy atom. The summed E-state index contributed by atoms with van der Waals surface area (Å²) in [6.07, 6.45) is 2.51. The smallest absolute Gasteiger partial charge is 0.0660 e. The highest BCUT2D eigenvalue weighted by Gasteiger charge is 2.16. The number of rotatable bonds is 0. The first-order valence-electron chi connectivity index (χ1n) is 2.67. The van der Waals surface area contributed by atoms with Crippen LogP contribution < -0.4 is 0 Å². The van der Waals surface area contributed by atoms with Crippen LogP contribution in [-0.4, -0.2) is 23.9 Å². The van der Waals surface area contributed by atoms with Crippen LogP contribution in [0.25, 0.3) is 0 Å². The second-order valence-electron chi connectivity index (χ2n) is 2.08. The van der Waals surface area contributed by atoms with Crippen molar-refractivity contribution in [2.75, 3.05) is 13.6 Å². The van der Waals surface area contributed by atoms with E-state index in [9.17, 15) is 0 Å². The molecule has 1 nitrogen and oxygen atoms in total. The van der Waals surface area contributed by atoms with Gasteiger partial charge in [0, 0.05) is 0 Å². The minimum atomic E-state index is 0.431. The third-order valence-corrected chi connectivity index (χ3v) is 2.05. The van der Waals surface area contributed by atoms with Gasteiger partial charge in [0.05, 0.1) is 5.37 Å². The molecule has 0 aromatic heterocycles. The molecule has 0 N–H and O–H groups in total. The van der Waals surface area contributed by atoms with Crippen LogP contribution in [0.5, 0.6) is 0 Å². The molecule has 1 atom stereocenters. The van der Waals surface area contributed by atoms with Gasteiger partial charge in [-0.3, -0.25) is 4.90 Å². The van der Waals surface area contributed by atoms with Crippen molar-refractivity contribution >= 4 is 12.6 Å². The molecule has 0 spiro atoms. The molecule has 1 rings (SSSR count). The van der Waals surface area contributed by atoms with E-state index in [1.165, 1.54) is 19.4 Å². The zero-order valence-electron chi connectivity index (χ0n) is 4.55. The Morgan fingerprint density at radius 1 is 1.71 bits per heavy atom. The lowest BCUT2D eigenvalue weighted by atomic mass is 10.4. The van der Waals surface area contributed by atoms with Gasteiger partial charge in [-0.1, -0.05) is 12.6 Å². The summed E-state index contributed by atoms with van der Waals surface area (Å²) in [6, 6.07) is 0. The maximum absolute atomic E-state index is 5.05. The highest BCUT2D eigenvalue weighted by molar-refractivity contribution is 7.80. The molecular weight excluding hydrogens is 106 g/mol. The normalized spacial score (nSPS) is 34.3. The Kier molecular flexibility index (Phi) is 1.60. The van der Waals surface area contributed by atoms with E-state index >= 15 is 0 Å². The van der Waals surface area contributed by atoms with Crippen molar-refractivity contribution < 1.29 is 0 Å². The van der Waals surface area contributed by atoms with Gasteiger partial charge in [-0.25, -0.2) is 0 Å². The lowest BCUT2D eigenvalue weighted by Gasteiger charge is -2.10. The van der Waals surface area contributed by atoms with Crippen molar-refractivity contribution in [3.63, 3.8) is 0 Å². The van der Waals surface area contributed by atoms with E-state index in [4.69, 9.17) is 12.6 Å². The highest BCUT2D eigenvalue weighted by Crippen LogP contribution is 2.16. The summed E-state index contributed by atoms with van der Waals surface area (Å²) in [7, 11) is 2.09. The van der Waals surface area contributed by atoms with E-state index in [0.29, 0.717) is 5.37 Å². The van der Waals surface area contributed by atoms with E-state index in [1.807, 2.05) is 0 Å². The first-order valence-corrected chi connectivity index (χ1v) is 3.14. The van der Waals surface area contributed by atoms with Gasteiger partial charge in [-0.15, -0.1) is 0 Å². The van der Waals surface area contributed by atoms with E-state index in [-0.39, 0.29) is 0 Å². The Morgan fingerprint density at radius 2 is 2.43 bits per heavy atom. The minimum Gasteiger partial charge on any atom is -0.294 e. The van der Waals surface area contributed by atoms with Crippen molar-refractivity contribution in [3.05, 3.63) is 0 Å². The third-order valence-electron chi connectivity index (χ3n) is 1.45. The summed E-state index contributed by atoms with van der Waals surface area (Å²) < 4.78 is 0. The summed E-state index contributed by atoms with van der Waals surface area (Å²) in [5, 5.41) is 0.431. The average Bonchev–Trinajstić information content (AvgIpc) is 1.91.